The van der Waals surface area contributed by atoms with E-state index in [1.807, 2.05) is 13.0 Å². The fraction of sp³-hybridized carbons (Fsp3) is 0.692. The molecule has 0 aromatic heterocycles. The van der Waals surface area contributed by atoms with E-state index in [2.05, 4.69) is 26.8 Å². The predicted octanol–water partition coefficient (Wildman–Crippen LogP) is 5.35. The molecule has 2 fully saturated rings. The van der Waals surface area contributed by atoms with Gasteiger partial charge in [0.25, 0.3) is 0 Å². The lowest BCUT2D eigenvalue weighted by Gasteiger charge is -2.54. The maximum Gasteiger partial charge on any atom is 0.330 e. The SMILES string of the molecule is CCOC(=O)/C=C/[C@@H](C)[C@H]1CCC2C3C4=C(O4)C4=CC(=O)CC[C@]4(C)C3CC[C@@]21C. The lowest BCUT2D eigenvalue weighted by atomic mass is 9.48. The van der Waals surface area contributed by atoms with E-state index in [0.29, 0.717) is 42.6 Å². The number of esters is 1. The van der Waals surface area contributed by atoms with E-state index in [1.165, 1.54) is 37.0 Å². The van der Waals surface area contributed by atoms with Gasteiger partial charge >= 0.3 is 5.97 Å². The number of hydrogen-bond acceptors (Lipinski definition) is 4. The Morgan fingerprint density at radius 3 is 2.83 bits per heavy atom. The van der Waals surface area contributed by atoms with Crippen LogP contribution in [0.25, 0.3) is 0 Å². The van der Waals surface area contributed by atoms with Crippen LogP contribution in [0, 0.1) is 40.4 Å². The van der Waals surface area contributed by atoms with E-state index in [0.717, 1.165) is 12.2 Å². The molecule has 7 atom stereocenters. The summed E-state index contributed by atoms with van der Waals surface area (Å²) >= 11 is 0. The van der Waals surface area contributed by atoms with Gasteiger partial charge in [-0.05, 0) is 74.2 Å². The lowest BCUT2D eigenvalue weighted by molar-refractivity contribution is -0.137. The van der Waals surface area contributed by atoms with Crippen molar-refractivity contribution < 1.29 is 19.1 Å². The van der Waals surface area contributed by atoms with E-state index in [4.69, 9.17) is 9.47 Å². The molecule has 3 unspecified atom stereocenters. The monoisotopic (exact) mass is 410 g/mol. The highest BCUT2D eigenvalue weighted by Gasteiger charge is 2.65. The number of fused-ring (bicyclic) bond motifs is 7. The Kier molecular flexibility index (Phi) is 4.57. The predicted molar refractivity (Wildman–Crippen MR) is 114 cm³/mol. The Hall–Kier alpha value is -1.84. The summed E-state index contributed by atoms with van der Waals surface area (Å²) in [4.78, 5) is 23.9. The number of ether oxygens (including phenoxy) is 2. The summed E-state index contributed by atoms with van der Waals surface area (Å²) in [6.07, 6.45) is 12.1. The van der Waals surface area contributed by atoms with Crippen molar-refractivity contribution in [3.63, 3.8) is 0 Å². The Bertz CT molecular complexity index is 879. The molecule has 1 heterocycles. The summed E-state index contributed by atoms with van der Waals surface area (Å²) in [5, 5.41) is 0. The summed E-state index contributed by atoms with van der Waals surface area (Å²) in [5.41, 5.74) is 1.55. The van der Waals surface area contributed by atoms with Crippen molar-refractivity contribution in [3.05, 3.63) is 35.3 Å². The average molecular weight is 411 g/mol. The number of ketones is 1. The van der Waals surface area contributed by atoms with Crippen molar-refractivity contribution >= 4 is 11.8 Å². The second-order valence-electron chi connectivity index (χ2n) is 10.7. The third-order valence-electron chi connectivity index (χ3n) is 9.37. The molecule has 4 nitrogen and oxygen atoms in total. The van der Waals surface area contributed by atoms with E-state index in [-0.39, 0.29) is 22.6 Å². The Balaban J connectivity index is 1.42. The molecule has 162 valence electrons. The highest BCUT2D eigenvalue weighted by molar-refractivity contribution is 5.93. The quantitative estimate of drug-likeness (QED) is 0.463. The Morgan fingerprint density at radius 2 is 2.07 bits per heavy atom. The third kappa shape index (κ3) is 2.78. The minimum absolute atomic E-state index is 0.0861. The molecular weight excluding hydrogens is 376 g/mol. The molecule has 0 radical (unpaired) electrons. The van der Waals surface area contributed by atoms with Crippen LogP contribution < -0.4 is 0 Å². The highest BCUT2D eigenvalue weighted by atomic mass is 16.6. The van der Waals surface area contributed by atoms with Crippen LogP contribution in [0.1, 0.15) is 66.2 Å². The van der Waals surface area contributed by atoms with Gasteiger partial charge < -0.3 is 9.47 Å². The number of carbonyl (C=O) groups excluding carboxylic acids is 2. The molecule has 1 aliphatic heterocycles. The summed E-state index contributed by atoms with van der Waals surface area (Å²) in [7, 11) is 0. The number of carbonyl (C=O) groups is 2. The van der Waals surface area contributed by atoms with Gasteiger partial charge in [-0.15, -0.1) is 0 Å². The third-order valence-corrected chi connectivity index (χ3v) is 9.37. The molecule has 4 aliphatic carbocycles. The zero-order valence-electron chi connectivity index (χ0n) is 18.7. The Morgan fingerprint density at radius 1 is 1.27 bits per heavy atom. The topological polar surface area (TPSA) is 55.9 Å². The van der Waals surface area contributed by atoms with E-state index >= 15 is 0 Å². The molecule has 2 saturated carbocycles. The fourth-order valence-corrected chi connectivity index (χ4v) is 7.80. The van der Waals surface area contributed by atoms with Crippen molar-refractivity contribution in [3.8, 4) is 0 Å². The van der Waals surface area contributed by atoms with Gasteiger partial charge in [0.2, 0.25) is 0 Å². The first-order valence-corrected chi connectivity index (χ1v) is 11.8. The molecule has 5 aliphatic rings. The van der Waals surface area contributed by atoms with Crippen LogP contribution >= 0.6 is 0 Å². The smallest absolute Gasteiger partial charge is 0.330 e. The highest BCUT2D eigenvalue weighted by Crippen LogP contribution is 2.71. The van der Waals surface area contributed by atoms with Crippen molar-refractivity contribution in [2.45, 2.75) is 66.2 Å². The molecule has 0 amide bonds. The molecule has 4 heteroatoms. The van der Waals surface area contributed by atoms with Crippen LogP contribution in [-0.2, 0) is 19.1 Å². The largest absolute Gasteiger partial charge is 0.463 e. The second kappa shape index (κ2) is 6.83. The van der Waals surface area contributed by atoms with E-state index in [1.54, 1.807) is 6.08 Å². The fourth-order valence-electron chi connectivity index (χ4n) is 7.80. The summed E-state index contributed by atoms with van der Waals surface area (Å²) in [5.74, 6) is 4.92. The molecule has 0 aromatic rings. The number of allylic oxidation sites excluding steroid dienone is 4. The maximum atomic E-state index is 12.1. The Labute approximate surface area is 179 Å². The zero-order chi connectivity index (χ0) is 21.3. The maximum absolute atomic E-state index is 12.1. The first-order valence-electron chi connectivity index (χ1n) is 11.8. The van der Waals surface area contributed by atoms with Gasteiger partial charge in [-0.3, -0.25) is 4.79 Å². The summed E-state index contributed by atoms with van der Waals surface area (Å²) in [6, 6.07) is 0. The molecule has 0 saturated heterocycles. The van der Waals surface area contributed by atoms with E-state index in [9.17, 15) is 9.59 Å². The van der Waals surface area contributed by atoms with E-state index < -0.39 is 0 Å². The number of rotatable bonds is 4. The average Bonchev–Trinajstić information content (AvgIpc) is 3.42. The first kappa shape index (κ1) is 20.1. The first-order chi connectivity index (χ1) is 14.3. The van der Waals surface area contributed by atoms with Crippen molar-refractivity contribution in [1.29, 1.82) is 0 Å². The second-order valence-corrected chi connectivity index (χ2v) is 10.7. The van der Waals surface area contributed by atoms with Gasteiger partial charge in [0, 0.05) is 29.4 Å². The van der Waals surface area contributed by atoms with Gasteiger partial charge in [0.1, 0.15) is 0 Å². The number of hydrogen-bond donors (Lipinski definition) is 0. The molecule has 0 spiro atoms. The molecule has 0 bridgehead atoms. The van der Waals surface area contributed by atoms with Crippen LogP contribution in [0.3, 0.4) is 0 Å². The van der Waals surface area contributed by atoms with Crippen LogP contribution in [0.4, 0.5) is 0 Å². The standard InChI is InChI=1S/C26H34O4/c1-5-29-21(28)9-6-15(2)17-7-8-18-22-19(11-13-25(17,18)3)26(4)12-10-16(27)14-20(26)23-24(22)30-23/h6,9,14-15,17-19,22H,5,7-8,10-13H2,1-4H3/b9-6+/t15-,17-,18?,19?,22?,25-,26-/m1/s1. The molecular formula is C26H34O4. The lowest BCUT2D eigenvalue weighted by Crippen LogP contribution is -2.49. The minimum atomic E-state index is -0.236. The minimum Gasteiger partial charge on any atom is -0.463 e. The molecule has 0 N–H and O–H groups in total. The zero-order valence-corrected chi connectivity index (χ0v) is 18.7. The summed E-state index contributed by atoms with van der Waals surface area (Å²) in [6.45, 7) is 9.39. The molecule has 5 rings (SSSR count). The van der Waals surface area contributed by atoms with Gasteiger partial charge in [-0.25, -0.2) is 4.79 Å². The van der Waals surface area contributed by atoms with Crippen molar-refractivity contribution in [2.75, 3.05) is 6.61 Å². The summed E-state index contributed by atoms with van der Waals surface area (Å²) < 4.78 is 11.2. The molecule has 30 heavy (non-hydrogen) atoms. The van der Waals surface area contributed by atoms with Crippen LogP contribution in [-0.4, -0.2) is 18.4 Å². The van der Waals surface area contributed by atoms with Gasteiger partial charge in [0.15, 0.2) is 17.3 Å². The molecule has 0 aromatic carbocycles. The van der Waals surface area contributed by atoms with Gasteiger partial charge in [-0.1, -0.05) is 26.8 Å². The van der Waals surface area contributed by atoms with Gasteiger partial charge in [-0.2, -0.15) is 0 Å². The van der Waals surface area contributed by atoms with Crippen LogP contribution in [0.15, 0.2) is 35.3 Å². The van der Waals surface area contributed by atoms with Crippen LogP contribution in [0.2, 0.25) is 0 Å². The van der Waals surface area contributed by atoms with Crippen LogP contribution in [0.5, 0.6) is 0 Å². The normalized spacial score (nSPS) is 42.5. The van der Waals surface area contributed by atoms with Crippen molar-refractivity contribution in [2.24, 2.45) is 40.4 Å². The van der Waals surface area contributed by atoms with Crippen molar-refractivity contribution in [1.82, 2.24) is 0 Å². The van der Waals surface area contributed by atoms with Gasteiger partial charge in [0.05, 0.1) is 6.61 Å².